The summed E-state index contributed by atoms with van der Waals surface area (Å²) < 4.78 is 27.0. The molecule has 0 spiro atoms. The molecule has 0 saturated carbocycles. The second-order valence-corrected chi connectivity index (χ2v) is 6.04. The Hall–Kier alpha value is -2.01. The van der Waals surface area contributed by atoms with Crippen molar-refractivity contribution in [2.24, 2.45) is 0 Å². The standard InChI is InChI=1S/C16H14F2N2S/c1-10(8-11-2-4-12(17)5-3-11)19-16-20-14-9-13(18)6-7-15(14)21-16/h2-7,9-10H,8H2,1H3,(H,19,20). The minimum Gasteiger partial charge on any atom is -0.359 e. The molecule has 0 radical (unpaired) electrons. The van der Waals surface area contributed by atoms with E-state index in [2.05, 4.69) is 10.3 Å². The third-order valence-corrected chi connectivity index (χ3v) is 4.14. The number of nitrogens with one attached hydrogen (secondary N) is 1. The third-order valence-electron chi connectivity index (χ3n) is 3.17. The van der Waals surface area contributed by atoms with Gasteiger partial charge in [-0.3, -0.25) is 0 Å². The van der Waals surface area contributed by atoms with Crippen LogP contribution in [0.4, 0.5) is 13.9 Å². The number of fused-ring (bicyclic) bond motifs is 1. The van der Waals surface area contributed by atoms with Gasteiger partial charge in [0.2, 0.25) is 0 Å². The average molecular weight is 304 g/mol. The smallest absolute Gasteiger partial charge is 0.184 e. The number of halogens is 2. The van der Waals surface area contributed by atoms with E-state index in [0.29, 0.717) is 5.52 Å². The molecule has 21 heavy (non-hydrogen) atoms. The predicted octanol–water partition coefficient (Wildman–Crippen LogP) is 4.62. The summed E-state index contributed by atoms with van der Waals surface area (Å²) >= 11 is 1.50. The highest BCUT2D eigenvalue weighted by atomic mass is 32.1. The summed E-state index contributed by atoms with van der Waals surface area (Å²) in [5.41, 5.74) is 1.72. The van der Waals surface area contributed by atoms with Gasteiger partial charge in [-0.2, -0.15) is 0 Å². The van der Waals surface area contributed by atoms with E-state index in [0.717, 1.165) is 21.8 Å². The maximum absolute atomic E-state index is 13.1. The lowest BCUT2D eigenvalue weighted by Crippen LogP contribution is -2.17. The van der Waals surface area contributed by atoms with Crippen molar-refractivity contribution in [3.63, 3.8) is 0 Å². The molecule has 1 aromatic heterocycles. The van der Waals surface area contributed by atoms with Gasteiger partial charge in [-0.05, 0) is 43.2 Å². The zero-order valence-corrected chi connectivity index (χ0v) is 12.3. The molecule has 108 valence electrons. The molecule has 2 aromatic carbocycles. The second-order valence-electron chi connectivity index (χ2n) is 5.01. The summed E-state index contributed by atoms with van der Waals surface area (Å²) in [6.45, 7) is 2.04. The zero-order chi connectivity index (χ0) is 14.8. The van der Waals surface area contributed by atoms with Crippen LogP contribution in [0.2, 0.25) is 0 Å². The van der Waals surface area contributed by atoms with Gasteiger partial charge in [0.15, 0.2) is 5.13 Å². The molecule has 1 N–H and O–H groups in total. The summed E-state index contributed by atoms with van der Waals surface area (Å²) in [5.74, 6) is -0.508. The van der Waals surface area contributed by atoms with Crippen LogP contribution in [-0.2, 0) is 6.42 Å². The SMILES string of the molecule is CC(Cc1ccc(F)cc1)Nc1nc2cc(F)ccc2s1. The van der Waals surface area contributed by atoms with Gasteiger partial charge >= 0.3 is 0 Å². The Balaban J connectivity index is 1.70. The fraction of sp³-hybridized carbons (Fsp3) is 0.188. The first-order valence-corrected chi connectivity index (χ1v) is 7.49. The molecule has 2 nitrogen and oxygen atoms in total. The Morgan fingerprint density at radius 3 is 2.57 bits per heavy atom. The Kier molecular flexibility index (Phi) is 3.84. The molecule has 0 aliphatic rings. The van der Waals surface area contributed by atoms with Crippen LogP contribution in [0.5, 0.6) is 0 Å². The number of aromatic nitrogens is 1. The molecule has 0 aliphatic carbocycles. The highest BCUT2D eigenvalue weighted by molar-refractivity contribution is 7.22. The molecule has 3 aromatic rings. The number of hydrogen-bond acceptors (Lipinski definition) is 3. The maximum Gasteiger partial charge on any atom is 0.184 e. The first kappa shape index (κ1) is 13.9. The van der Waals surface area contributed by atoms with E-state index >= 15 is 0 Å². The van der Waals surface area contributed by atoms with E-state index in [4.69, 9.17) is 0 Å². The van der Waals surface area contributed by atoms with Crippen molar-refractivity contribution < 1.29 is 8.78 Å². The van der Waals surface area contributed by atoms with Crippen molar-refractivity contribution in [2.75, 3.05) is 5.32 Å². The highest BCUT2D eigenvalue weighted by Gasteiger charge is 2.09. The fourth-order valence-electron chi connectivity index (χ4n) is 2.20. The van der Waals surface area contributed by atoms with Gasteiger partial charge in [0.1, 0.15) is 11.6 Å². The maximum atomic E-state index is 13.1. The molecule has 3 rings (SSSR count). The summed E-state index contributed by atoms with van der Waals surface area (Å²) in [5, 5.41) is 4.07. The van der Waals surface area contributed by atoms with E-state index in [1.807, 2.05) is 6.92 Å². The molecule has 0 aliphatic heterocycles. The lowest BCUT2D eigenvalue weighted by Gasteiger charge is -2.12. The number of anilines is 1. The van der Waals surface area contributed by atoms with Crippen LogP contribution >= 0.6 is 11.3 Å². The van der Waals surface area contributed by atoms with Gasteiger partial charge < -0.3 is 5.32 Å². The number of hydrogen-bond donors (Lipinski definition) is 1. The van der Waals surface area contributed by atoms with Gasteiger partial charge in [0.25, 0.3) is 0 Å². The summed E-state index contributed by atoms with van der Waals surface area (Å²) in [6.07, 6.45) is 0.768. The quantitative estimate of drug-likeness (QED) is 0.761. The van der Waals surface area contributed by atoms with Crippen LogP contribution in [0, 0.1) is 11.6 Å². The van der Waals surface area contributed by atoms with E-state index in [1.165, 1.54) is 35.6 Å². The van der Waals surface area contributed by atoms with Crippen LogP contribution in [0.15, 0.2) is 42.5 Å². The van der Waals surface area contributed by atoms with Gasteiger partial charge in [-0.25, -0.2) is 13.8 Å². The molecular weight excluding hydrogens is 290 g/mol. The molecule has 1 unspecified atom stereocenters. The van der Waals surface area contributed by atoms with E-state index in [9.17, 15) is 8.78 Å². The van der Waals surface area contributed by atoms with Crippen molar-refractivity contribution >= 4 is 26.7 Å². The van der Waals surface area contributed by atoms with Crippen molar-refractivity contribution in [2.45, 2.75) is 19.4 Å². The van der Waals surface area contributed by atoms with Crippen LogP contribution in [0.25, 0.3) is 10.2 Å². The van der Waals surface area contributed by atoms with Gasteiger partial charge in [0, 0.05) is 12.1 Å². The van der Waals surface area contributed by atoms with E-state index in [1.54, 1.807) is 18.2 Å². The number of benzene rings is 2. The first-order chi connectivity index (χ1) is 10.1. The van der Waals surface area contributed by atoms with Gasteiger partial charge in [-0.15, -0.1) is 0 Å². The third kappa shape index (κ3) is 3.36. The Morgan fingerprint density at radius 1 is 1.10 bits per heavy atom. The molecule has 0 bridgehead atoms. The number of nitrogens with zero attached hydrogens (tertiary/aromatic N) is 1. The molecular formula is C16H14F2N2S. The lowest BCUT2D eigenvalue weighted by atomic mass is 10.1. The van der Waals surface area contributed by atoms with Gasteiger partial charge in [0.05, 0.1) is 10.2 Å². The molecule has 0 fully saturated rings. The number of rotatable bonds is 4. The lowest BCUT2D eigenvalue weighted by molar-refractivity contribution is 0.626. The Bertz CT molecular complexity index is 753. The van der Waals surface area contributed by atoms with Crippen molar-refractivity contribution in [3.05, 3.63) is 59.7 Å². The van der Waals surface area contributed by atoms with Crippen LogP contribution < -0.4 is 5.32 Å². The Morgan fingerprint density at radius 2 is 1.81 bits per heavy atom. The minimum absolute atomic E-state index is 0.154. The fourth-order valence-corrected chi connectivity index (χ4v) is 3.16. The zero-order valence-electron chi connectivity index (χ0n) is 11.4. The number of thiazole rings is 1. The first-order valence-electron chi connectivity index (χ1n) is 6.67. The van der Waals surface area contributed by atoms with Crippen LogP contribution in [-0.4, -0.2) is 11.0 Å². The normalized spacial score (nSPS) is 12.5. The van der Waals surface area contributed by atoms with E-state index in [-0.39, 0.29) is 17.7 Å². The summed E-state index contributed by atoms with van der Waals surface area (Å²) in [6, 6.07) is 11.2. The molecule has 5 heteroatoms. The van der Waals surface area contributed by atoms with Crippen LogP contribution in [0.3, 0.4) is 0 Å². The topological polar surface area (TPSA) is 24.9 Å². The van der Waals surface area contributed by atoms with E-state index < -0.39 is 0 Å². The van der Waals surface area contributed by atoms with Crippen molar-refractivity contribution in [3.8, 4) is 0 Å². The Labute approximate surface area is 125 Å². The largest absolute Gasteiger partial charge is 0.359 e. The monoisotopic (exact) mass is 304 g/mol. The molecule has 0 saturated heterocycles. The van der Waals surface area contributed by atoms with Crippen LogP contribution in [0.1, 0.15) is 12.5 Å². The average Bonchev–Trinajstić information content (AvgIpc) is 2.82. The minimum atomic E-state index is -0.279. The molecule has 1 atom stereocenters. The summed E-state index contributed by atoms with van der Waals surface area (Å²) in [7, 11) is 0. The second kappa shape index (κ2) is 5.77. The highest BCUT2D eigenvalue weighted by Crippen LogP contribution is 2.27. The molecule has 0 amide bonds. The summed E-state index contributed by atoms with van der Waals surface area (Å²) in [4.78, 5) is 4.38. The van der Waals surface area contributed by atoms with Crippen molar-refractivity contribution in [1.82, 2.24) is 4.98 Å². The molecule has 1 heterocycles. The van der Waals surface area contributed by atoms with Gasteiger partial charge in [-0.1, -0.05) is 23.5 Å². The predicted molar refractivity (Wildman–Crippen MR) is 82.8 cm³/mol. The van der Waals surface area contributed by atoms with Crippen molar-refractivity contribution in [1.29, 1.82) is 0 Å².